The van der Waals surface area contributed by atoms with Gasteiger partial charge in [-0.2, -0.15) is 5.10 Å². The highest BCUT2D eigenvalue weighted by atomic mass is 16.6. The molecule has 0 aliphatic carbocycles. The van der Waals surface area contributed by atoms with Gasteiger partial charge in [-0.05, 0) is 29.3 Å². The number of hydrogen-bond donors (Lipinski definition) is 5. The first-order chi connectivity index (χ1) is 18.5. The van der Waals surface area contributed by atoms with Gasteiger partial charge in [0.25, 0.3) is 0 Å². The smallest absolute Gasteiger partial charge is 0.228 e. The quantitative estimate of drug-likeness (QED) is 0.157. The summed E-state index contributed by atoms with van der Waals surface area (Å²) in [6, 6.07) is 15.2. The van der Waals surface area contributed by atoms with Gasteiger partial charge in [-0.3, -0.25) is 4.57 Å². The Balaban J connectivity index is 1.37. The maximum Gasteiger partial charge on any atom is 0.228 e. The second kappa shape index (κ2) is 11.0. The molecule has 6 N–H and O–H groups in total. The summed E-state index contributed by atoms with van der Waals surface area (Å²) in [6.07, 6.45) is -1.98. The largest absolute Gasteiger partial charge is 0.493 e. The molecule has 1 aliphatic heterocycles. The average molecular weight is 522 g/mol. The molecule has 1 aliphatic rings. The maximum atomic E-state index is 10.6. The van der Waals surface area contributed by atoms with E-state index in [0.29, 0.717) is 23.7 Å². The van der Waals surface area contributed by atoms with Gasteiger partial charge in [-0.1, -0.05) is 30.3 Å². The third-order valence-electron chi connectivity index (χ3n) is 6.08. The molecule has 4 aromatic rings. The number of hydrazone groups is 1. The van der Waals surface area contributed by atoms with Gasteiger partial charge in [0.05, 0.1) is 19.9 Å². The molecule has 2 aromatic heterocycles. The van der Waals surface area contributed by atoms with Crippen LogP contribution in [0.4, 0.5) is 11.8 Å². The van der Waals surface area contributed by atoms with Crippen LogP contribution in [0, 0.1) is 0 Å². The Labute approximate surface area is 217 Å². The Morgan fingerprint density at radius 1 is 1.13 bits per heavy atom. The number of aliphatic hydroxyl groups is 3. The highest BCUT2D eigenvalue weighted by Crippen LogP contribution is 2.35. The van der Waals surface area contributed by atoms with Crippen molar-refractivity contribution in [1.29, 1.82) is 0 Å². The zero-order valence-electron chi connectivity index (χ0n) is 20.4. The highest BCUT2D eigenvalue weighted by Gasteiger charge is 2.45. The predicted octanol–water partition coefficient (Wildman–Crippen LogP) is 1.05. The number of nitrogens with one attached hydrogen (secondary N) is 1. The molecule has 38 heavy (non-hydrogen) atoms. The standard InChI is InChI=1S/C25H27N7O6/c1-36-17-9-15(7-8-16(17)37-12-14-5-3-2-4-6-14)10-29-31-25-30-19-22(26)27-13-28-23(19)32(25)24-21(35)20(34)18(11-33)38-24/h2-10,13,18,20-21,24,33-35H,11-12H2,1H3,(H,30,31)(H2,26,27,28)/b29-10-/t18-,20-,21-,24-/m0/s1. The van der Waals surface area contributed by atoms with Crippen LogP contribution in [0.3, 0.4) is 0 Å². The lowest BCUT2D eigenvalue weighted by atomic mass is 10.1. The Kier molecular flexibility index (Phi) is 7.33. The molecule has 3 heterocycles. The second-order valence-corrected chi connectivity index (χ2v) is 8.52. The Morgan fingerprint density at radius 3 is 2.68 bits per heavy atom. The van der Waals surface area contributed by atoms with Gasteiger partial charge in [0.1, 0.15) is 31.2 Å². The lowest BCUT2D eigenvalue weighted by Crippen LogP contribution is -2.33. The van der Waals surface area contributed by atoms with Crippen molar-refractivity contribution in [2.45, 2.75) is 31.1 Å². The summed E-state index contributed by atoms with van der Waals surface area (Å²) in [5.41, 5.74) is 11.0. The number of hydrogen-bond acceptors (Lipinski definition) is 12. The Bertz CT molecular complexity index is 1430. The van der Waals surface area contributed by atoms with Crippen molar-refractivity contribution in [3.8, 4) is 11.5 Å². The van der Waals surface area contributed by atoms with Crippen molar-refractivity contribution in [1.82, 2.24) is 19.5 Å². The monoisotopic (exact) mass is 521 g/mol. The fourth-order valence-corrected chi connectivity index (χ4v) is 4.12. The molecular formula is C25H27N7O6. The zero-order valence-corrected chi connectivity index (χ0v) is 20.4. The van der Waals surface area contributed by atoms with Crippen LogP contribution in [0.15, 0.2) is 60.0 Å². The van der Waals surface area contributed by atoms with E-state index in [1.807, 2.05) is 36.4 Å². The van der Waals surface area contributed by atoms with Crippen LogP contribution in [-0.2, 0) is 11.3 Å². The van der Waals surface area contributed by atoms with Gasteiger partial charge < -0.3 is 35.3 Å². The number of fused-ring (bicyclic) bond motifs is 1. The van der Waals surface area contributed by atoms with Gasteiger partial charge in [0, 0.05) is 0 Å². The van der Waals surface area contributed by atoms with Crippen molar-refractivity contribution in [3.63, 3.8) is 0 Å². The maximum absolute atomic E-state index is 10.6. The second-order valence-electron chi connectivity index (χ2n) is 8.52. The summed E-state index contributed by atoms with van der Waals surface area (Å²) >= 11 is 0. The van der Waals surface area contributed by atoms with E-state index >= 15 is 0 Å². The first kappa shape index (κ1) is 25.4. The number of nitrogen functional groups attached to an aromatic ring is 1. The molecule has 198 valence electrons. The fourth-order valence-electron chi connectivity index (χ4n) is 4.12. The van der Waals surface area contributed by atoms with Gasteiger partial charge in [-0.25, -0.2) is 20.4 Å². The van der Waals surface area contributed by atoms with Crippen LogP contribution in [0.25, 0.3) is 11.2 Å². The molecule has 0 amide bonds. The van der Waals surface area contributed by atoms with E-state index in [9.17, 15) is 15.3 Å². The first-order valence-corrected chi connectivity index (χ1v) is 11.7. The molecule has 0 saturated carbocycles. The lowest BCUT2D eigenvalue weighted by Gasteiger charge is -2.18. The molecule has 0 radical (unpaired) electrons. The number of nitrogens with two attached hydrogens (primary N) is 1. The molecule has 13 nitrogen and oxygen atoms in total. The molecular weight excluding hydrogens is 494 g/mol. The lowest BCUT2D eigenvalue weighted by molar-refractivity contribution is -0.0501. The molecule has 4 atom stereocenters. The van der Waals surface area contributed by atoms with Crippen LogP contribution < -0.4 is 20.6 Å². The van der Waals surface area contributed by atoms with Crippen molar-refractivity contribution in [2.24, 2.45) is 5.10 Å². The molecule has 0 unspecified atom stereocenters. The molecule has 5 rings (SSSR count). The minimum Gasteiger partial charge on any atom is -0.493 e. The summed E-state index contributed by atoms with van der Waals surface area (Å²) in [5, 5.41) is 34.6. The first-order valence-electron chi connectivity index (χ1n) is 11.7. The summed E-state index contributed by atoms with van der Waals surface area (Å²) in [6.45, 7) is -0.0817. The van der Waals surface area contributed by atoms with E-state index in [2.05, 4.69) is 25.5 Å². The van der Waals surface area contributed by atoms with Gasteiger partial charge in [-0.15, -0.1) is 0 Å². The number of aromatic nitrogens is 4. The van der Waals surface area contributed by atoms with E-state index < -0.39 is 31.1 Å². The molecule has 0 spiro atoms. The third-order valence-corrected chi connectivity index (χ3v) is 6.08. The summed E-state index contributed by atoms with van der Waals surface area (Å²) in [5.74, 6) is 1.37. The summed E-state index contributed by atoms with van der Waals surface area (Å²) < 4.78 is 18.5. The van der Waals surface area contributed by atoms with Crippen molar-refractivity contribution >= 4 is 29.1 Å². The van der Waals surface area contributed by atoms with Crippen molar-refractivity contribution in [3.05, 3.63) is 66.0 Å². The van der Waals surface area contributed by atoms with Crippen molar-refractivity contribution in [2.75, 3.05) is 24.9 Å². The predicted molar refractivity (Wildman–Crippen MR) is 138 cm³/mol. The van der Waals surface area contributed by atoms with E-state index in [1.54, 1.807) is 25.5 Å². The molecule has 0 bridgehead atoms. The van der Waals surface area contributed by atoms with Gasteiger partial charge in [0.15, 0.2) is 34.7 Å². The zero-order chi connectivity index (χ0) is 26.6. The van der Waals surface area contributed by atoms with Gasteiger partial charge in [0.2, 0.25) is 5.95 Å². The van der Waals surface area contributed by atoms with E-state index in [4.69, 9.17) is 19.9 Å². The Morgan fingerprint density at radius 2 is 1.95 bits per heavy atom. The molecule has 13 heteroatoms. The van der Waals surface area contributed by atoms with Gasteiger partial charge >= 0.3 is 0 Å². The molecule has 2 aromatic carbocycles. The van der Waals surface area contributed by atoms with Crippen LogP contribution in [0.1, 0.15) is 17.4 Å². The molecule has 1 saturated heterocycles. The topological polar surface area (TPSA) is 182 Å². The van der Waals surface area contributed by atoms with E-state index in [-0.39, 0.29) is 22.9 Å². The molecule has 1 fully saturated rings. The summed E-state index contributed by atoms with van der Waals surface area (Å²) in [4.78, 5) is 12.6. The van der Waals surface area contributed by atoms with Crippen LogP contribution in [0.5, 0.6) is 11.5 Å². The number of ether oxygens (including phenoxy) is 3. The number of anilines is 2. The minimum atomic E-state index is -1.36. The Hall–Kier alpha value is -4.30. The fraction of sp³-hybridized carbons (Fsp3) is 0.280. The summed E-state index contributed by atoms with van der Waals surface area (Å²) in [7, 11) is 1.55. The van der Waals surface area contributed by atoms with Crippen LogP contribution >= 0.6 is 0 Å². The number of aliphatic hydroxyl groups excluding tert-OH is 3. The highest BCUT2D eigenvalue weighted by molar-refractivity contribution is 5.85. The van der Waals surface area contributed by atoms with Crippen molar-refractivity contribution < 1.29 is 29.5 Å². The third kappa shape index (κ3) is 4.95. The minimum absolute atomic E-state index is 0.114. The number of imidazole rings is 1. The van der Waals surface area contributed by atoms with E-state index in [0.717, 1.165) is 5.56 Å². The average Bonchev–Trinajstić information content (AvgIpc) is 3.45. The van der Waals surface area contributed by atoms with Crippen LogP contribution in [0.2, 0.25) is 0 Å². The number of methoxy groups -OCH3 is 1. The normalized spacial score (nSPS) is 21.3. The van der Waals surface area contributed by atoms with Crippen LogP contribution in [-0.4, -0.2) is 73.1 Å². The number of rotatable bonds is 9. The number of nitrogens with zero attached hydrogens (tertiary/aromatic N) is 5. The SMILES string of the molecule is COc1cc(/C=N\Nc2nc3c(N)ncnc3n2[C@H]2O[C@@H](CO)[C@H](O)[C@@H]2O)ccc1OCc1ccccc1. The van der Waals surface area contributed by atoms with E-state index in [1.165, 1.54) is 10.9 Å². The number of benzene rings is 2.